The molecule has 1 unspecified atom stereocenters. The Bertz CT molecular complexity index is 466. The van der Waals surface area contributed by atoms with E-state index in [-0.39, 0.29) is 0 Å². The molecule has 1 aliphatic heterocycles. The minimum absolute atomic E-state index is 0.346. The summed E-state index contributed by atoms with van der Waals surface area (Å²) in [5, 5.41) is 3.56. The number of nitrogens with one attached hydrogen (secondary N) is 1. The van der Waals surface area contributed by atoms with Gasteiger partial charge in [-0.25, -0.2) is 0 Å². The predicted octanol–water partition coefficient (Wildman–Crippen LogP) is 3.08. The number of para-hydroxylation sites is 1. The number of allylic oxidation sites excluding steroid dienone is 3. The Hall–Kier alpha value is -1.76. The van der Waals surface area contributed by atoms with Crippen LogP contribution in [0.15, 0.2) is 60.2 Å². The van der Waals surface area contributed by atoms with Gasteiger partial charge in [-0.1, -0.05) is 48.6 Å². The van der Waals surface area contributed by atoms with Crippen molar-refractivity contribution in [3.8, 4) is 0 Å². The first-order valence-electron chi connectivity index (χ1n) is 5.33. The Morgan fingerprint density at radius 2 is 2.07 bits per heavy atom. The van der Waals surface area contributed by atoms with E-state index in [9.17, 15) is 0 Å². The van der Waals surface area contributed by atoms with Crippen LogP contribution in [-0.4, -0.2) is 6.04 Å². The van der Waals surface area contributed by atoms with Crippen LogP contribution in [0.2, 0.25) is 0 Å². The Morgan fingerprint density at radius 3 is 3.07 bits per heavy atom. The van der Waals surface area contributed by atoms with Crippen LogP contribution in [0, 0.1) is 0 Å². The zero-order chi connectivity index (χ0) is 10.1. The zero-order valence-corrected chi connectivity index (χ0v) is 8.48. The summed E-state index contributed by atoms with van der Waals surface area (Å²) in [5.74, 6) is 0. The molecular formula is C14H13N. The van der Waals surface area contributed by atoms with Crippen LogP contribution in [0.3, 0.4) is 0 Å². The van der Waals surface area contributed by atoms with Crippen LogP contribution in [0.5, 0.6) is 0 Å². The lowest BCUT2D eigenvalue weighted by atomic mass is 10.0. The van der Waals surface area contributed by atoms with Crippen molar-refractivity contribution in [2.75, 3.05) is 5.32 Å². The van der Waals surface area contributed by atoms with Crippen LogP contribution in [0.1, 0.15) is 5.56 Å². The highest BCUT2D eigenvalue weighted by molar-refractivity contribution is 5.58. The summed E-state index contributed by atoms with van der Waals surface area (Å²) in [7, 11) is 0. The maximum atomic E-state index is 3.56. The van der Waals surface area contributed by atoms with Gasteiger partial charge in [0.2, 0.25) is 0 Å². The van der Waals surface area contributed by atoms with Crippen LogP contribution in [-0.2, 0) is 6.42 Å². The molecule has 74 valence electrons. The van der Waals surface area contributed by atoms with E-state index < -0.39 is 0 Å². The first kappa shape index (κ1) is 8.54. The molecule has 15 heavy (non-hydrogen) atoms. The molecule has 1 heterocycles. The third kappa shape index (κ3) is 1.50. The molecule has 3 rings (SSSR count). The molecule has 1 aliphatic carbocycles. The minimum Gasteiger partial charge on any atom is -0.375 e. The number of anilines is 1. The quantitative estimate of drug-likeness (QED) is 0.670. The molecule has 0 bridgehead atoms. The molecule has 0 saturated heterocycles. The van der Waals surface area contributed by atoms with E-state index in [0.717, 1.165) is 6.42 Å². The molecular weight excluding hydrogens is 182 g/mol. The van der Waals surface area contributed by atoms with Gasteiger partial charge in [0.1, 0.15) is 0 Å². The number of rotatable bonds is 0. The van der Waals surface area contributed by atoms with E-state index in [4.69, 9.17) is 0 Å². The average molecular weight is 195 g/mol. The molecule has 1 atom stereocenters. The highest BCUT2D eigenvalue weighted by Gasteiger charge is 2.15. The molecule has 0 fully saturated rings. The van der Waals surface area contributed by atoms with E-state index >= 15 is 0 Å². The molecule has 0 amide bonds. The van der Waals surface area contributed by atoms with Crippen LogP contribution in [0.25, 0.3) is 0 Å². The van der Waals surface area contributed by atoms with Gasteiger partial charge in [0.25, 0.3) is 0 Å². The van der Waals surface area contributed by atoms with Crippen molar-refractivity contribution < 1.29 is 0 Å². The van der Waals surface area contributed by atoms with Gasteiger partial charge in [0.15, 0.2) is 0 Å². The predicted molar refractivity (Wildman–Crippen MR) is 63.9 cm³/mol. The molecule has 0 saturated carbocycles. The lowest BCUT2D eigenvalue weighted by Gasteiger charge is -2.18. The van der Waals surface area contributed by atoms with Crippen molar-refractivity contribution in [1.29, 1.82) is 0 Å². The third-order valence-corrected chi connectivity index (χ3v) is 2.95. The van der Waals surface area contributed by atoms with Gasteiger partial charge in [-0.15, -0.1) is 0 Å². The Morgan fingerprint density at radius 1 is 1.13 bits per heavy atom. The summed E-state index contributed by atoms with van der Waals surface area (Å²) in [6, 6.07) is 8.86. The van der Waals surface area contributed by atoms with E-state index in [1.807, 2.05) is 0 Å². The van der Waals surface area contributed by atoms with Gasteiger partial charge in [-0.3, -0.25) is 0 Å². The SMILES string of the molecule is C1=CC2=CCc3ccccc3NC2C=C1. The van der Waals surface area contributed by atoms with Gasteiger partial charge in [0, 0.05) is 5.69 Å². The van der Waals surface area contributed by atoms with Gasteiger partial charge in [-0.05, 0) is 23.6 Å². The summed E-state index contributed by atoms with van der Waals surface area (Å²) in [6.07, 6.45) is 11.9. The first-order valence-corrected chi connectivity index (χ1v) is 5.33. The highest BCUT2D eigenvalue weighted by Crippen LogP contribution is 2.25. The Labute approximate surface area is 89.8 Å². The maximum Gasteiger partial charge on any atom is 0.0698 e. The van der Waals surface area contributed by atoms with Crippen molar-refractivity contribution in [1.82, 2.24) is 0 Å². The van der Waals surface area contributed by atoms with Crippen LogP contribution < -0.4 is 5.32 Å². The third-order valence-electron chi connectivity index (χ3n) is 2.95. The fraction of sp³-hybridized carbons (Fsp3) is 0.143. The normalized spacial score (nSPS) is 22.1. The molecule has 1 aromatic carbocycles. The molecule has 0 spiro atoms. The van der Waals surface area contributed by atoms with Crippen LogP contribution >= 0.6 is 0 Å². The number of hydrogen-bond donors (Lipinski definition) is 1. The van der Waals surface area contributed by atoms with Gasteiger partial charge >= 0.3 is 0 Å². The summed E-state index contributed by atoms with van der Waals surface area (Å²) in [6.45, 7) is 0. The van der Waals surface area contributed by atoms with E-state index in [2.05, 4.69) is 60.0 Å². The smallest absolute Gasteiger partial charge is 0.0698 e. The molecule has 1 heteroatoms. The minimum atomic E-state index is 0.346. The molecule has 0 aromatic heterocycles. The monoisotopic (exact) mass is 195 g/mol. The van der Waals surface area contributed by atoms with E-state index in [0.29, 0.717) is 6.04 Å². The van der Waals surface area contributed by atoms with Crippen molar-refractivity contribution in [3.63, 3.8) is 0 Å². The lowest BCUT2D eigenvalue weighted by Crippen LogP contribution is -2.19. The molecule has 1 N–H and O–H groups in total. The van der Waals surface area contributed by atoms with Gasteiger partial charge in [0.05, 0.1) is 6.04 Å². The second-order valence-corrected chi connectivity index (χ2v) is 3.93. The fourth-order valence-electron chi connectivity index (χ4n) is 2.12. The van der Waals surface area contributed by atoms with Gasteiger partial charge in [-0.2, -0.15) is 0 Å². The van der Waals surface area contributed by atoms with Crippen molar-refractivity contribution >= 4 is 5.69 Å². The lowest BCUT2D eigenvalue weighted by molar-refractivity contribution is 1.05. The van der Waals surface area contributed by atoms with E-state index in [1.165, 1.54) is 16.8 Å². The summed E-state index contributed by atoms with van der Waals surface area (Å²) in [5.41, 5.74) is 4.00. The van der Waals surface area contributed by atoms with Crippen LogP contribution in [0.4, 0.5) is 5.69 Å². The second kappa shape index (κ2) is 3.43. The first-order chi connectivity index (χ1) is 7.43. The Kier molecular flexibility index (Phi) is 1.95. The topological polar surface area (TPSA) is 12.0 Å². The molecule has 1 nitrogen and oxygen atoms in total. The average Bonchev–Trinajstić information content (AvgIpc) is 2.48. The highest BCUT2D eigenvalue weighted by atomic mass is 14.9. The summed E-state index contributed by atoms with van der Waals surface area (Å²) < 4.78 is 0. The number of fused-ring (bicyclic) bond motifs is 2. The second-order valence-electron chi connectivity index (χ2n) is 3.93. The summed E-state index contributed by atoms with van der Waals surface area (Å²) in [4.78, 5) is 0. The molecule has 0 radical (unpaired) electrons. The van der Waals surface area contributed by atoms with E-state index in [1.54, 1.807) is 0 Å². The van der Waals surface area contributed by atoms with Crippen molar-refractivity contribution in [3.05, 3.63) is 65.8 Å². The summed E-state index contributed by atoms with van der Waals surface area (Å²) >= 11 is 0. The van der Waals surface area contributed by atoms with Crippen molar-refractivity contribution in [2.45, 2.75) is 12.5 Å². The maximum absolute atomic E-state index is 3.56. The largest absolute Gasteiger partial charge is 0.375 e. The molecule has 2 aliphatic rings. The molecule has 1 aromatic rings. The number of hydrogen-bond acceptors (Lipinski definition) is 1. The standard InChI is InChI=1S/C14H13N/c1-3-7-13-11(5-1)9-10-12-6-2-4-8-14(12)15-13/h1-9,13,15H,10H2. The van der Waals surface area contributed by atoms with Gasteiger partial charge < -0.3 is 5.32 Å². The van der Waals surface area contributed by atoms with Crippen molar-refractivity contribution in [2.24, 2.45) is 0 Å². The number of benzene rings is 1. The zero-order valence-electron chi connectivity index (χ0n) is 8.48. The fourth-order valence-corrected chi connectivity index (χ4v) is 2.12. The Balaban J connectivity index is 2.03.